The molecule has 2 saturated heterocycles. The lowest BCUT2D eigenvalue weighted by Crippen LogP contribution is -2.48. The molecule has 2 fully saturated rings. The highest BCUT2D eigenvalue weighted by atomic mass is 35.5. The minimum absolute atomic E-state index is 0.0363. The molecule has 2 aliphatic rings. The molecule has 2 aromatic carbocycles. The van der Waals surface area contributed by atoms with Crippen LogP contribution in [0.4, 0.5) is 0 Å². The second-order valence-electron chi connectivity index (χ2n) is 6.72. The molecular formula is C20H20Cl2O6. The molecule has 0 aliphatic carbocycles. The van der Waals surface area contributed by atoms with Crippen LogP contribution < -0.4 is 0 Å². The largest absolute Gasteiger partial charge is 0.388 e. The summed E-state index contributed by atoms with van der Waals surface area (Å²) in [5.41, 5.74) is 1.14. The standard InChI is InChI=1S/C20H20Cl2O6/c21-19(13-7-3-1-4-8-13)26-12-16(27-19)18-17(24)15(23)11-25-20(22,28-18)14-9-5-2-6-10-14/h1-10,15-18,23-24H,11-12H2/t15-,16+,17+,18+,19?,20?/m1/s1. The van der Waals surface area contributed by atoms with Crippen molar-refractivity contribution in [2.24, 2.45) is 0 Å². The van der Waals surface area contributed by atoms with Crippen molar-refractivity contribution in [1.29, 1.82) is 0 Å². The average molecular weight is 427 g/mol. The zero-order valence-corrected chi connectivity index (χ0v) is 16.3. The number of aliphatic hydroxyl groups is 2. The van der Waals surface area contributed by atoms with E-state index in [0.717, 1.165) is 0 Å². The summed E-state index contributed by atoms with van der Waals surface area (Å²) in [6.45, 7) is -0.178. The molecule has 0 amide bonds. The van der Waals surface area contributed by atoms with Gasteiger partial charge < -0.3 is 29.2 Å². The van der Waals surface area contributed by atoms with Crippen molar-refractivity contribution in [2.45, 2.75) is 34.9 Å². The first-order valence-corrected chi connectivity index (χ1v) is 9.65. The Morgan fingerprint density at radius 3 is 1.82 bits per heavy atom. The average Bonchev–Trinajstić information content (AvgIpc) is 3.09. The maximum atomic E-state index is 10.6. The third kappa shape index (κ3) is 3.79. The maximum absolute atomic E-state index is 10.6. The molecule has 0 aromatic heterocycles. The molecule has 150 valence electrons. The van der Waals surface area contributed by atoms with Crippen LogP contribution in [0.1, 0.15) is 11.1 Å². The molecule has 28 heavy (non-hydrogen) atoms. The zero-order chi connectivity index (χ0) is 19.8. The Labute approximate surface area is 172 Å². The van der Waals surface area contributed by atoms with Gasteiger partial charge >= 0.3 is 0 Å². The molecule has 6 atom stereocenters. The number of hydrogen-bond donors (Lipinski definition) is 2. The molecule has 2 aliphatic heterocycles. The summed E-state index contributed by atoms with van der Waals surface area (Å²) in [7, 11) is 0. The fourth-order valence-electron chi connectivity index (χ4n) is 3.28. The van der Waals surface area contributed by atoms with Gasteiger partial charge in [0.1, 0.15) is 24.4 Å². The lowest BCUT2D eigenvalue weighted by molar-refractivity contribution is -0.231. The van der Waals surface area contributed by atoms with Gasteiger partial charge in [0.2, 0.25) is 0 Å². The third-order valence-electron chi connectivity index (χ3n) is 4.80. The predicted molar refractivity (Wildman–Crippen MR) is 102 cm³/mol. The number of halogens is 2. The summed E-state index contributed by atoms with van der Waals surface area (Å²) < 4.78 is 23.1. The van der Waals surface area contributed by atoms with Crippen LogP contribution in [0.15, 0.2) is 60.7 Å². The van der Waals surface area contributed by atoms with Crippen molar-refractivity contribution < 1.29 is 29.2 Å². The van der Waals surface area contributed by atoms with Crippen molar-refractivity contribution in [1.82, 2.24) is 0 Å². The second kappa shape index (κ2) is 7.89. The third-order valence-corrected chi connectivity index (χ3v) is 5.63. The fourth-order valence-corrected chi connectivity index (χ4v) is 3.87. The molecule has 0 radical (unpaired) electrons. The van der Waals surface area contributed by atoms with E-state index in [4.69, 9.17) is 42.1 Å². The zero-order valence-electron chi connectivity index (χ0n) is 14.8. The first-order valence-electron chi connectivity index (χ1n) is 8.90. The topological polar surface area (TPSA) is 77.4 Å². The number of aliphatic hydroxyl groups excluding tert-OH is 2. The van der Waals surface area contributed by atoms with Crippen LogP contribution in [0.25, 0.3) is 0 Å². The first-order chi connectivity index (χ1) is 13.4. The van der Waals surface area contributed by atoms with Crippen molar-refractivity contribution in [3.63, 3.8) is 0 Å². The van der Waals surface area contributed by atoms with Gasteiger partial charge in [0.15, 0.2) is 0 Å². The highest BCUT2D eigenvalue weighted by molar-refractivity contribution is 6.22. The van der Waals surface area contributed by atoms with E-state index >= 15 is 0 Å². The number of alkyl halides is 2. The molecule has 0 bridgehead atoms. The van der Waals surface area contributed by atoms with E-state index in [9.17, 15) is 10.2 Å². The summed E-state index contributed by atoms with van der Waals surface area (Å²) in [5, 5.41) is 17.7. The Morgan fingerprint density at radius 2 is 1.25 bits per heavy atom. The molecule has 4 rings (SSSR count). The van der Waals surface area contributed by atoms with Gasteiger partial charge in [-0.1, -0.05) is 83.9 Å². The summed E-state index contributed by atoms with van der Waals surface area (Å²) in [6.07, 6.45) is -4.36. The van der Waals surface area contributed by atoms with Crippen LogP contribution in [0.5, 0.6) is 0 Å². The van der Waals surface area contributed by atoms with E-state index in [2.05, 4.69) is 0 Å². The van der Waals surface area contributed by atoms with Crippen LogP contribution >= 0.6 is 23.2 Å². The Kier molecular flexibility index (Phi) is 5.66. The minimum atomic E-state index is -1.70. The first kappa shape index (κ1) is 20.1. The lowest BCUT2D eigenvalue weighted by atomic mass is 10.0. The van der Waals surface area contributed by atoms with Crippen LogP contribution in [0.3, 0.4) is 0 Å². The number of benzene rings is 2. The Morgan fingerprint density at radius 1 is 0.750 bits per heavy atom. The second-order valence-corrected chi connectivity index (χ2v) is 7.72. The molecule has 2 heterocycles. The smallest absolute Gasteiger partial charge is 0.276 e. The Balaban J connectivity index is 1.60. The summed E-state index contributed by atoms with van der Waals surface area (Å²) in [4.78, 5) is 0. The lowest BCUT2D eigenvalue weighted by Gasteiger charge is -2.33. The van der Waals surface area contributed by atoms with Gasteiger partial charge in [-0.2, -0.15) is 0 Å². The number of hydrogen-bond acceptors (Lipinski definition) is 6. The van der Waals surface area contributed by atoms with Gasteiger partial charge in [-0.25, -0.2) is 0 Å². The van der Waals surface area contributed by atoms with E-state index in [1.165, 1.54) is 0 Å². The Bertz CT molecular complexity index is 794. The molecule has 0 saturated carbocycles. The van der Waals surface area contributed by atoms with E-state index < -0.39 is 34.9 Å². The molecule has 0 spiro atoms. The highest BCUT2D eigenvalue weighted by Gasteiger charge is 2.52. The van der Waals surface area contributed by atoms with Crippen LogP contribution in [-0.4, -0.2) is 47.8 Å². The molecule has 8 heteroatoms. The maximum Gasteiger partial charge on any atom is 0.276 e. The molecule has 2 unspecified atom stereocenters. The quantitative estimate of drug-likeness (QED) is 0.734. The van der Waals surface area contributed by atoms with Crippen LogP contribution in [0, 0.1) is 0 Å². The minimum Gasteiger partial charge on any atom is -0.388 e. The van der Waals surface area contributed by atoms with Crippen molar-refractivity contribution in [2.75, 3.05) is 13.2 Å². The summed E-state index contributed by atoms with van der Waals surface area (Å²) in [6, 6.07) is 17.9. The van der Waals surface area contributed by atoms with Gasteiger partial charge in [-0.3, -0.25) is 0 Å². The fraction of sp³-hybridized carbons (Fsp3) is 0.400. The van der Waals surface area contributed by atoms with Crippen molar-refractivity contribution >= 4 is 23.2 Å². The highest BCUT2D eigenvalue weighted by Crippen LogP contribution is 2.43. The van der Waals surface area contributed by atoms with E-state index in [1.54, 1.807) is 36.4 Å². The van der Waals surface area contributed by atoms with E-state index in [0.29, 0.717) is 11.1 Å². The van der Waals surface area contributed by atoms with Gasteiger partial charge in [-0.15, -0.1) is 0 Å². The Hall–Kier alpha value is -1.22. The number of ether oxygens (including phenoxy) is 4. The van der Waals surface area contributed by atoms with Crippen LogP contribution in [0.2, 0.25) is 0 Å². The molecular weight excluding hydrogens is 407 g/mol. The summed E-state index contributed by atoms with van der Waals surface area (Å²) >= 11 is 13.1. The van der Waals surface area contributed by atoms with Crippen molar-refractivity contribution in [3.05, 3.63) is 71.8 Å². The van der Waals surface area contributed by atoms with Gasteiger partial charge in [0, 0.05) is 11.1 Å². The van der Waals surface area contributed by atoms with E-state index in [1.807, 2.05) is 24.3 Å². The van der Waals surface area contributed by atoms with Crippen LogP contribution in [-0.2, 0) is 29.4 Å². The van der Waals surface area contributed by atoms with Gasteiger partial charge in [0.05, 0.1) is 13.2 Å². The molecule has 2 aromatic rings. The number of rotatable bonds is 3. The summed E-state index contributed by atoms with van der Waals surface area (Å²) in [5.74, 6) is 0. The predicted octanol–water partition coefficient (Wildman–Crippen LogP) is 2.64. The molecule has 2 N–H and O–H groups in total. The van der Waals surface area contributed by atoms with Crippen molar-refractivity contribution in [3.8, 4) is 0 Å². The molecule has 6 nitrogen and oxygen atoms in total. The van der Waals surface area contributed by atoms with Gasteiger partial charge in [0.25, 0.3) is 10.5 Å². The normalized spacial score (nSPS) is 38.9. The van der Waals surface area contributed by atoms with Gasteiger partial charge in [-0.05, 0) is 0 Å². The van der Waals surface area contributed by atoms with E-state index in [-0.39, 0.29) is 13.2 Å². The monoisotopic (exact) mass is 426 g/mol. The SMILES string of the molecule is O[C@@H]1[C@H]([C@@H]2COC(Cl)(c3ccccc3)O2)OC(Cl)(c2ccccc2)OC[C@H]1O.